The minimum absolute atomic E-state index is 0.307. The van der Waals surface area contributed by atoms with E-state index in [1.807, 2.05) is 51.1 Å². The van der Waals surface area contributed by atoms with E-state index in [-0.39, 0.29) is 0 Å². The molecule has 2 aromatic rings. The molecule has 0 saturated carbocycles. The molecule has 0 aliphatic carbocycles. The molecule has 0 radical (unpaired) electrons. The Morgan fingerprint density at radius 1 is 1.03 bits per heavy atom. The highest BCUT2D eigenvalue weighted by molar-refractivity contribution is 7.92. The predicted molar refractivity (Wildman–Crippen MR) is 136 cm³/mol. The molecule has 0 aromatic heterocycles. The zero-order chi connectivity index (χ0) is 24.6. The van der Waals surface area contributed by atoms with Crippen molar-refractivity contribution in [2.24, 2.45) is 0 Å². The third kappa shape index (κ3) is 6.84. The molecule has 1 aliphatic heterocycles. The second-order valence-corrected chi connectivity index (χ2v) is 11.7. The third-order valence-electron chi connectivity index (χ3n) is 6.24. The summed E-state index contributed by atoms with van der Waals surface area (Å²) in [6.07, 6.45) is 2.84. The molecule has 1 aliphatic rings. The number of nitrogens with zero attached hydrogens (tertiary/aromatic N) is 1. The zero-order valence-corrected chi connectivity index (χ0v) is 21.6. The summed E-state index contributed by atoms with van der Waals surface area (Å²) >= 11 is 0. The summed E-state index contributed by atoms with van der Waals surface area (Å²) in [4.78, 5) is 2.64. The molecule has 186 valence electrons. The van der Waals surface area contributed by atoms with Crippen LogP contribution >= 0.6 is 0 Å². The number of morpholine rings is 1. The molecule has 34 heavy (non-hydrogen) atoms. The maximum Gasteiger partial charge on any atom is 0.184 e. The van der Waals surface area contributed by atoms with E-state index in [0.29, 0.717) is 30.1 Å². The Morgan fingerprint density at radius 2 is 1.65 bits per heavy atom. The molecule has 6 nitrogen and oxygen atoms in total. The summed E-state index contributed by atoms with van der Waals surface area (Å²) in [6.45, 7) is 10.7. The summed E-state index contributed by atoms with van der Waals surface area (Å²) in [5.74, 6) is 1.43. The molecule has 1 saturated heterocycles. The van der Waals surface area contributed by atoms with E-state index in [1.54, 1.807) is 31.4 Å². The van der Waals surface area contributed by atoms with E-state index in [4.69, 9.17) is 14.2 Å². The number of ether oxygens (including phenoxy) is 3. The second kappa shape index (κ2) is 11.9. The quantitative estimate of drug-likeness (QED) is 0.434. The van der Waals surface area contributed by atoms with Crippen LogP contribution in [0, 0.1) is 0 Å². The molecular weight excluding hydrogens is 450 g/mol. The zero-order valence-electron chi connectivity index (χ0n) is 20.7. The molecule has 1 unspecified atom stereocenters. The molecule has 2 aromatic carbocycles. The number of sulfone groups is 1. The van der Waals surface area contributed by atoms with Crippen molar-refractivity contribution in [2.45, 2.75) is 43.3 Å². The monoisotopic (exact) mass is 487 g/mol. The van der Waals surface area contributed by atoms with Crippen molar-refractivity contribution in [1.82, 2.24) is 4.90 Å². The van der Waals surface area contributed by atoms with Crippen LogP contribution in [0.1, 0.15) is 32.8 Å². The van der Waals surface area contributed by atoms with E-state index < -0.39 is 14.6 Å². The van der Waals surface area contributed by atoms with Gasteiger partial charge in [-0.25, -0.2) is 8.42 Å². The van der Waals surface area contributed by atoms with E-state index in [9.17, 15) is 8.42 Å². The number of rotatable bonds is 11. The Bertz CT molecular complexity index is 1040. The average molecular weight is 488 g/mol. The standard InChI is InChI=1S/C27H37NO5S/c1-22(2)13-14-27(3,34(29,30)26-11-9-24(31-4)10-12-26)21-23-5-7-25(8-6-23)33-20-17-28-15-18-32-19-16-28/h5-13H,14-21H2,1-4H3. The average Bonchev–Trinajstić information content (AvgIpc) is 2.84. The Balaban J connectivity index is 1.72. The van der Waals surface area contributed by atoms with E-state index in [2.05, 4.69) is 4.90 Å². The summed E-state index contributed by atoms with van der Waals surface area (Å²) in [7, 11) is -2.04. The van der Waals surface area contributed by atoms with Crippen LogP contribution in [-0.4, -0.2) is 64.6 Å². The highest BCUT2D eigenvalue weighted by atomic mass is 32.2. The molecule has 1 fully saturated rings. The lowest BCUT2D eigenvalue weighted by molar-refractivity contribution is 0.0322. The maximum atomic E-state index is 13.7. The van der Waals surface area contributed by atoms with Gasteiger partial charge in [0.2, 0.25) is 0 Å². The Morgan fingerprint density at radius 3 is 2.24 bits per heavy atom. The van der Waals surface area contributed by atoms with E-state index in [1.165, 1.54) is 0 Å². The fraction of sp³-hybridized carbons (Fsp3) is 0.481. The first kappa shape index (κ1) is 26.3. The smallest absolute Gasteiger partial charge is 0.184 e. The summed E-state index contributed by atoms with van der Waals surface area (Å²) in [5, 5.41) is 0. The molecule has 0 N–H and O–H groups in total. The predicted octanol–water partition coefficient (Wildman–Crippen LogP) is 4.54. The van der Waals surface area contributed by atoms with Crippen LogP contribution in [0.3, 0.4) is 0 Å². The molecule has 0 bridgehead atoms. The van der Waals surface area contributed by atoms with Crippen molar-refractivity contribution in [2.75, 3.05) is 46.6 Å². The third-order valence-corrected chi connectivity index (χ3v) is 8.74. The molecular formula is C27H37NO5S. The van der Waals surface area contributed by atoms with E-state index >= 15 is 0 Å². The number of benzene rings is 2. The molecule has 0 spiro atoms. The van der Waals surface area contributed by atoms with Gasteiger partial charge < -0.3 is 14.2 Å². The fourth-order valence-electron chi connectivity index (χ4n) is 3.99. The van der Waals surface area contributed by atoms with Gasteiger partial charge in [0.15, 0.2) is 9.84 Å². The lowest BCUT2D eigenvalue weighted by Crippen LogP contribution is -2.38. The summed E-state index contributed by atoms with van der Waals surface area (Å²) in [5.41, 5.74) is 2.06. The van der Waals surface area contributed by atoms with Crippen LogP contribution in [0.4, 0.5) is 0 Å². The van der Waals surface area contributed by atoms with Gasteiger partial charge in [0.05, 0.1) is 30.0 Å². The minimum atomic E-state index is -3.60. The lowest BCUT2D eigenvalue weighted by atomic mass is 9.96. The van der Waals surface area contributed by atoms with Crippen LogP contribution in [0.2, 0.25) is 0 Å². The van der Waals surface area contributed by atoms with Gasteiger partial charge >= 0.3 is 0 Å². The highest BCUT2D eigenvalue weighted by Crippen LogP contribution is 2.34. The number of hydrogen-bond donors (Lipinski definition) is 0. The topological polar surface area (TPSA) is 65.1 Å². The molecule has 1 atom stereocenters. The Kier molecular flexibility index (Phi) is 9.17. The van der Waals surface area contributed by atoms with Crippen molar-refractivity contribution in [1.29, 1.82) is 0 Å². The fourth-order valence-corrected chi connectivity index (χ4v) is 5.71. The van der Waals surface area contributed by atoms with Gasteiger partial charge in [0, 0.05) is 19.6 Å². The van der Waals surface area contributed by atoms with Crippen molar-refractivity contribution in [3.63, 3.8) is 0 Å². The molecule has 7 heteroatoms. The normalized spacial score (nSPS) is 16.5. The molecule has 1 heterocycles. The first-order valence-corrected chi connectivity index (χ1v) is 13.3. The Hall–Kier alpha value is -2.35. The first-order chi connectivity index (χ1) is 16.2. The van der Waals surface area contributed by atoms with Crippen molar-refractivity contribution in [3.05, 3.63) is 65.7 Å². The van der Waals surface area contributed by atoms with Crippen LogP contribution in [-0.2, 0) is 21.0 Å². The minimum Gasteiger partial charge on any atom is -0.497 e. The molecule has 0 amide bonds. The van der Waals surface area contributed by atoms with E-state index in [0.717, 1.165) is 49.7 Å². The van der Waals surface area contributed by atoms with Crippen LogP contribution in [0.15, 0.2) is 65.1 Å². The highest BCUT2D eigenvalue weighted by Gasteiger charge is 2.39. The molecule has 3 rings (SSSR count). The van der Waals surface area contributed by atoms with Crippen molar-refractivity contribution >= 4 is 9.84 Å². The summed E-state index contributed by atoms with van der Waals surface area (Å²) in [6, 6.07) is 14.4. The summed E-state index contributed by atoms with van der Waals surface area (Å²) < 4.78 is 42.9. The van der Waals surface area contributed by atoms with Crippen molar-refractivity contribution < 1.29 is 22.6 Å². The first-order valence-electron chi connectivity index (χ1n) is 11.8. The number of methoxy groups -OCH3 is 1. The van der Waals surface area contributed by atoms with Gasteiger partial charge in [0.25, 0.3) is 0 Å². The maximum absolute atomic E-state index is 13.7. The largest absolute Gasteiger partial charge is 0.497 e. The second-order valence-electron chi connectivity index (χ2n) is 9.24. The SMILES string of the molecule is COc1ccc(S(=O)(=O)C(C)(CC=C(C)C)Cc2ccc(OCCN3CCOCC3)cc2)cc1. The number of allylic oxidation sites excluding steroid dienone is 2. The Labute approximate surface area is 204 Å². The van der Waals surface area contributed by atoms with Gasteiger partial charge in [-0.1, -0.05) is 23.8 Å². The van der Waals surface area contributed by atoms with Gasteiger partial charge in [0.1, 0.15) is 18.1 Å². The van der Waals surface area contributed by atoms with Gasteiger partial charge in [-0.05, 0) is 75.6 Å². The van der Waals surface area contributed by atoms with Gasteiger partial charge in [-0.2, -0.15) is 0 Å². The van der Waals surface area contributed by atoms with Crippen LogP contribution in [0.25, 0.3) is 0 Å². The van der Waals surface area contributed by atoms with Crippen molar-refractivity contribution in [3.8, 4) is 11.5 Å². The van der Waals surface area contributed by atoms with Crippen LogP contribution in [0.5, 0.6) is 11.5 Å². The number of hydrogen-bond acceptors (Lipinski definition) is 6. The van der Waals surface area contributed by atoms with Gasteiger partial charge in [-0.15, -0.1) is 0 Å². The van der Waals surface area contributed by atoms with Crippen LogP contribution < -0.4 is 9.47 Å². The van der Waals surface area contributed by atoms with Gasteiger partial charge in [-0.3, -0.25) is 4.90 Å². The lowest BCUT2D eigenvalue weighted by Gasteiger charge is -2.29.